The number of rotatable bonds is 5. The molecule has 0 saturated heterocycles. The third-order valence-electron chi connectivity index (χ3n) is 3.21. The Labute approximate surface area is 156 Å². The van der Waals surface area contributed by atoms with E-state index >= 15 is 0 Å². The summed E-state index contributed by atoms with van der Waals surface area (Å²) in [5, 5.41) is 2.59. The molecule has 3 aromatic rings. The molecule has 1 aromatic carbocycles. The van der Waals surface area contributed by atoms with Crippen LogP contribution < -0.4 is 10.5 Å². The van der Waals surface area contributed by atoms with Crippen molar-refractivity contribution in [3.63, 3.8) is 0 Å². The molecule has 0 radical (unpaired) electrons. The summed E-state index contributed by atoms with van der Waals surface area (Å²) in [4.78, 5) is 24.2. The molecule has 0 atom stereocenters. The van der Waals surface area contributed by atoms with E-state index in [4.69, 9.17) is 15.2 Å². The molecule has 0 aliphatic carbocycles. The van der Waals surface area contributed by atoms with E-state index in [1.54, 1.807) is 7.11 Å². The largest absolute Gasteiger partial charge is 0.496 e. The first-order valence-corrected chi connectivity index (χ1v) is 8.77. The van der Waals surface area contributed by atoms with E-state index in [1.165, 1.54) is 23.7 Å². The highest BCUT2D eigenvalue weighted by Crippen LogP contribution is 2.34. The minimum Gasteiger partial charge on any atom is -0.496 e. The van der Waals surface area contributed by atoms with Crippen LogP contribution in [0.1, 0.15) is 16.2 Å². The number of aromatic nitrogens is 3. The van der Waals surface area contributed by atoms with E-state index < -0.39 is 5.97 Å². The molecule has 2 N–H and O–H groups in total. The zero-order chi connectivity index (χ0) is 17.8. The Balaban J connectivity index is 1.74. The van der Waals surface area contributed by atoms with E-state index in [1.807, 2.05) is 23.6 Å². The number of nitrogens with zero attached hydrogens (tertiary/aromatic N) is 3. The Morgan fingerprint density at radius 1 is 1.32 bits per heavy atom. The quantitative estimate of drug-likeness (QED) is 0.631. The number of carbonyl (C=O) groups excluding carboxylic acids is 1. The van der Waals surface area contributed by atoms with Crippen LogP contribution >= 0.6 is 27.3 Å². The molecule has 0 amide bonds. The van der Waals surface area contributed by atoms with Crippen molar-refractivity contribution in [2.24, 2.45) is 0 Å². The second kappa shape index (κ2) is 7.58. The normalized spacial score (nSPS) is 10.5. The van der Waals surface area contributed by atoms with Gasteiger partial charge in [-0.25, -0.2) is 19.7 Å². The van der Waals surface area contributed by atoms with Gasteiger partial charge in [-0.05, 0) is 18.2 Å². The number of hydrogen-bond acceptors (Lipinski definition) is 8. The number of benzene rings is 1. The van der Waals surface area contributed by atoms with Gasteiger partial charge in [0.25, 0.3) is 0 Å². The average molecular weight is 421 g/mol. The fraction of sp³-hybridized carbons (Fsp3) is 0.125. The number of ether oxygens (including phenoxy) is 2. The molecule has 3 rings (SSSR count). The molecule has 0 bridgehead atoms. The van der Waals surface area contributed by atoms with Crippen LogP contribution in [0.5, 0.6) is 5.75 Å². The maximum Gasteiger partial charge on any atom is 0.361 e. The minimum atomic E-state index is -0.639. The fourth-order valence-electron chi connectivity index (χ4n) is 2.06. The molecule has 2 heterocycles. The Bertz CT molecular complexity index is 916. The lowest BCUT2D eigenvalue weighted by Crippen LogP contribution is -2.11. The summed E-state index contributed by atoms with van der Waals surface area (Å²) in [7, 11) is 1.61. The van der Waals surface area contributed by atoms with Gasteiger partial charge in [-0.15, -0.1) is 11.3 Å². The first kappa shape index (κ1) is 17.3. The van der Waals surface area contributed by atoms with Crippen LogP contribution in [0.3, 0.4) is 0 Å². The fourth-order valence-corrected chi connectivity index (χ4v) is 3.24. The highest BCUT2D eigenvalue weighted by molar-refractivity contribution is 9.10. The van der Waals surface area contributed by atoms with E-state index in [9.17, 15) is 4.79 Å². The topological polar surface area (TPSA) is 100 Å². The molecule has 0 aliphatic rings. The Morgan fingerprint density at radius 2 is 2.12 bits per heavy atom. The smallest absolute Gasteiger partial charge is 0.361 e. The highest BCUT2D eigenvalue weighted by atomic mass is 79.9. The molecule has 7 nitrogen and oxygen atoms in total. The molecular weight excluding hydrogens is 408 g/mol. The number of nitrogens with two attached hydrogens (primary N) is 1. The molecule has 0 unspecified atom stereocenters. The summed E-state index contributed by atoms with van der Waals surface area (Å²) in [5.41, 5.74) is 7.08. The number of methoxy groups -OCH3 is 1. The summed E-state index contributed by atoms with van der Waals surface area (Å²) in [6.45, 7) is 0.0155. The van der Waals surface area contributed by atoms with Crippen molar-refractivity contribution in [3.05, 3.63) is 51.8 Å². The van der Waals surface area contributed by atoms with Crippen LogP contribution in [-0.4, -0.2) is 28.0 Å². The van der Waals surface area contributed by atoms with Gasteiger partial charge in [-0.3, -0.25) is 0 Å². The van der Waals surface area contributed by atoms with E-state index in [2.05, 4.69) is 30.9 Å². The van der Waals surface area contributed by atoms with Gasteiger partial charge in [-0.2, -0.15) is 0 Å². The first-order valence-electron chi connectivity index (χ1n) is 7.10. The number of esters is 1. The van der Waals surface area contributed by atoms with Crippen LogP contribution in [0.15, 0.2) is 40.4 Å². The lowest BCUT2D eigenvalue weighted by Gasteiger charge is -2.06. The van der Waals surface area contributed by atoms with Crippen molar-refractivity contribution >= 4 is 39.1 Å². The third kappa shape index (κ3) is 3.94. The number of carbonyl (C=O) groups is 1. The maximum absolute atomic E-state index is 12.0. The van der Waals surface area contributed by atoms with Crippen LogP contribution in [0, 0.1) is 0 Å². The highest BCUT2D eigenvalue weighted by Gasteiger charge is 2.16. The molecular formula is C16H13BrN4O3S. The lowest BCUT2D eigenvalue weighted by molar-refractivity contribution is 0.0462. The Hall–Kier alpha value is -2.52. The second-order valence-electron chi connectivity index (χ2n) is 4.85. The summed E-state index contributed by atoms with van der Waals surface area (Å²) in [6.07, 6.45) is 2.79. The average Bonchev–Trinajstić information content (AvgIpc) is 3.09. The predicted molar refractivity (Wildman–Crippen MR) is 97.4 cm³/mol. The van der Waals surface area contributed by atoms with E-state index in [0.717, 1.165) is 15.0 Å². The Morgan fingerprint density at radius 3 is 2.88 bits per heavy atom. The SMILES string of the molecule is COc1ccc(Br)cc1-c1nc(COC(=O)c2nccnc2N)cs1. The zero-order valence-corrected chi connectivity index (χ0v) is 15.5. The number of halogens is 1. The molecule has 25 heavy (non-hydrogen) atoms. The predicted octanol–water partition coefficient (Wildman–Crippen LogP) is 3.31. The zero-order valence-electron chi connectivity index (χ0n) is 13.1. The van der Waals surface area contributed by atoms with Gasteiger partial charge in [0.2, 0.25) is 0 Å². The van der Waals surface area contributed by atoms with Gasteiger partial charge in [0, 0.05) is 22.2 Å². The van der Waals surface area contributed by atoms with E-state index in [0.29, 0.717) is 11.4 Å². The summed E-state index contributed by atoms with van der Waals surface area (Å²) in [6, 6.07) is 5.68. The van der Waals surface area contributed by atoms with Crippen molar-refractivity contribution < 1.29 is 14.3 Å². The van der Waals surface area contributed by atoms with E-state index in [-0.39, 0.29) is 18.1 Å². The van der Waals surface area contributed by atoms with Crippen LogP contribution in [-0.2, 0) is 11.3 Å². The van der Waals surface area contributed by atoms with Gasteiger partial charge in [0.15, 0.2) is 11.5 Å². The molecule has 2 aromatic heterocycles. The molecule has 0 fully saturated rings. The number of anilines is 1. The number of hydrogen-bond donors (Lipinski definition) is 1. The summed E-state index contributed by atoms with van der Waals surface area (Å²) < 4.78 is 11.5. The molecule has 9 heteroatoms. The Kier molecular flexibility index (Phi) is 5.25. The van der Waals surface area contributed by atoms with Crippen molar-refractivity contribution in [1.29, 1.82) is 0 Å². The molecule has 0 spiro atoms. The van der Waals surface area contributed by atoms with Gasteiger partial charge >= 0.3 is 5.97 Å². The second-order valence-corrected chi connectivity index (χ2v) is 6.63. The van der Waals surface area contributed by atoms with Crippen LogP contribution in [0.25, 0.3) is 10.6 Å². The number of thiazole rings is 1. The van der Waals surface area contributed by atoms with Gasteiger partial charge in [0.1, 0.15) is 17.4 Å². The first-order chi connectivity index (χ1) is 12.1. The van der Waals surface area contributed by atoms with Gasteiger partial charge < -0.3 is 15.2 Å². The standard InChI is InChI=1S/C16H13BrN4O3S/c1-23-12-3-2-9(17)6-11(12)15-21-10(8-25-15)7-24-16(22)13-14(18)20-5-4-19-13/h2-6,8H,7H2,1H3,(H2,18,20). The van der Waals surface area contributed by atoms with Crippen LogP contribution in [0.2, 0.25) is 0 Å². The minimum absolute atomic E-state index is 0.00777. The van der Waals surface area contributed by atoms with Crippen molar-refractivity contribution in [3.8, 4) is 16.3 Å². The third-order valence-corrected chi connectivity index (χ3v) is 4.63. The van der Waals surface area contributed by atoms with Crippen molar-refractivity contribution in [2.45, 2.75) is 6.61 Å². The van der Waals surface area contributed by atoms with Crippen molar-refractivity contribution in [2.75, 3.05) is 12.8 Å². The maximum atomic E-state index is 12.0. The monoisotopic (exact) mass is 420 g/mol. The molecule has 0 aliphatic heterocycles. The van der Waals surface area contributed by atoms with Crippen LogP contribution in [0.4, 0.5) is 5.82 Å². The summed E-state index contributed by atoms with van der Waals surface area (Å²) in [5.74, 6) is 0.110. The van der Waals surface area contributed by atoms with Crippen molar-refractivity contribution in [1.82, 2.24) is 15.0 Å². The van der Waals surface area contributed by atoms with Gasteiger partial charge in [0.05, 0.1) is 18.4 Å². The van der Waals surface area contributed by atoms with Gasteiger partial charge in [-0.1, -0.05) is 15.9 Å². The molecule has 128 valence electrons. The number of nitrogen functional groups attached to an aromatic ring is 1. The summed E-state index contributed by atoms with van der Waals surface area (Å²) >= 11 is 4.87. The molecule has 0 saturated carbocycles. The lowest BCUT2D eigenvalue weighted by atomic mass is 10.2.